The number of fused-ring (bicyclic) bond motifs is 6. The molecule has 0 radical (unpaired) electrons. The largest absolute Gasteiger partial charge is 0.417 e. The molecule has 0 aliphatic rings. The van der Waals surface area contributed by atoms with Crippen LogP contribution in [0.1, 0.15) is 11.1 Å². The number of hydrogen-bond donors (Lipinski definition) is 0. The molecule has 16 aromatic carbocycles. The highest BCUT2D eigenvalue weighted by molar-refractivity contribution is 6.13. The molecular weight excluding hydrogens is 1670 g/mol. The van der Waals surface area contributed by atoms with Crippen LogP contribution in [0.15, 0.2) is 406 Å². The fourth-order valence-corrected chi connectivity index (χ4v) is 17.2. The highest BCUT2D eigenvalue weighted by Gasteiger charge is 2.36. The molecule has 0 bridgehead atoms. The summed E-state index contributed by atoms with van der Waals surface area (Å²) in [6.07, 6.45) is -4.98. The monoisotopic (exact) mass is 1730 g/mol. The number of rotatable bonds is 18. The summed E-state index contributed by atoms with van der Waals surface area (Å²) < 4.78 is 54.4. The zero-order valence-electron chi connectivity index (χ0n) is 70.9. The number of hydrogen-bond acceptors (Lipinski definition) is 16. The summed E-state index contributed by atoms with van der Waals surface area (Å²) >= 11 is 0. The van der Waals surface area contributed by atoms with Crippen molar-refractivity contribution >= 4 is 43.6 Å². The van der Waals surface area contributed by atoms with Gasteiger partial charge in [0.05, 0.1) is 39.3 Å². The van der Waals surface area contributed by atoms with Crippen molar-refractivity contribution in [2.45, 2.75) is 6.18 Å². The molecule has 23 aromatic rings. The van der Waals surface area contributed by atoms with Crippen molar-refractivity contribution in [1.29, 1.82) is 5.26 Å². The van der Waals surface area contributed by atoms with Crippen LogP contribution in [0, 0.1) is 11.3 Å². The first kappa shape index (κ1) is 80.0. The summed E-state index contributed by atoms with van der Waals surface area (Å²) in [6.45, 7) is 0. The Balaban J connectivity index is 0.736. The average molecular weight is 1730 g/mol. The van der Waals surface area contributed by atoms with E-state index < -0.39 is 11.7 Å². The lowest BCUT2D eigenvalue weighted by atomic mass is 9.96. The number of nitriles is 1. The van der Waals surface area contributed by atoms with Gasteiger partial charge in [-0.1, -0.05) is 291 Å². The zero-order chi connectivity index (χ0) is 89.7. The first-order valence-corrected chi connectivity index (χ1v) is 43.3. The second-order valence-electron chi connectivity index (χ2n) is 32.1. The molecule has 18 nitrogen and oxygen atoms in total. The van der Waals surface area contributed by atoms with E-state index in [9.17, 15) is 5.26 Å². The van der Waals surface area contributed by atoms with Crippen LogP contribution in [0.4, 0.5) is 13.2 Å². The van der Waals surface area contributed by atoms with Crippen LogP contribution in [0.5, 0.6) is 0 Å². The van der Waals surface area contributed by atoms with E-state index >= 15 is 13.2 Å². The SMILES string of the molecule is N#Cc1cccc(-c2ccc(-n3c4ccc(-c5nc(-c6ccccc6)nc(-c6ccccc6)n5)cc4c4cc(-c5nc(-c6ccccc6)nc(-c6ccccc6)n5)ccc43)cc2-c2nc(-c3ccccc3)nc(-c3cc(-n4c5ccc(-c6nc(-c7ccccc7)nc(-c7ccccc7)n6)cc5c5cc(-c6nc(-c7ccccc7)nc(-c7ccccc7)n6)ccc54)ccc3C(F)(F)F)n2)c1. The van der Waals surface area contributed by atoms with Crippen molar-refractivity contribution in [3.63, 3.8) is 0 Å². The molecular formula is C113H67F3N18. The lowest BCUT2D eigenvalue weighted by Crippen LogP contribution is -2.10. The molecule has 0 spiro atoms. The first-order valence-electron chi connectivity index (χ1n) is 43.3. The van der Waals surface area contributed by atoms with Gasteiger partial charge in [-0.25, -0.2) is 74.8 Å². The second-order valence-corrected chi connectivity index (χ2v) is 32.1. The van der Waals surface area contributed by atoms with Crippen LogP contribution in [0.2, 0.25) is 0 Å². The Kier molecular flexibility index (Phi) is 20.3. The third-order valence-electron chi connectivity index (χ3n) is 23.6. The highest BCUT2D eigenvalue weighted by Crippen LogP contribution is 2.46. The Hall–Kier alpha value is -18.6. The molecule has 0 aliphatic heterocycles. The van der Waals surface area contributed by atoms with Gasteiger partial charge in [-0.05, 0) is 126 Å². The van der Waals surface area contributed by atoms with Crippen molar-refractivity contribution < 1.29 is 13.2 Å². The Morgan fingerprint density at radius 2 is 0.410 bits per heavy atom. The van der Waals surface area contributed by atoms with E-state index in [0.29, 0.717) is 153 Å². The van der Waals surface area contributed by atoms with Gasteiger partial charge < -0.3 is 9.13 Å². The standard InChI is InChI=1S/C113H67F3N18/c114-113(115,116)93-56-54-85(134-96-59-51-82(109-126-102(74-38-18-5-19-39-74)120-103(127-109)75-40-20-6-21-41-75)64-89(96)90-65-83(52-60-97(90)134)110-128-104(76-42-22-7-23-43-76)121-105(129-110)77-44-24-8-25-45-77)67-92(93)112-131-106(78-46-26-9-27-47-78)130-111(132-112)91-66-84(53-55-86(91)79-48-28-29-69(61-79)68-117)133-94-57-49-80(107-122-98(70-30-10-1-11-31-70)118-99(123-107)71-32-12-2-13-33-71)62-87(94)88-63-81(50-58-95(88)133)108-124-100(72-34-14-3-15-35-72)119-101(125-108)73-36-16-4-17-37-73/h1-67H. The van der Waals surface area contributed by atoms with E-state index in [2.05, 4.69) is 22.8 Å². The molecule has 0 amide bonds. The summed E-state index contributed by atoms with van der Waals surface area (Å²) in [4.78, 5) is 77.3. The van der Waals surface area contributed by atoms with E-state index in [1.54, 1.807) is 18.2 Å². The lowest BCUT2D eigenvalue weighted by molar-refractivity contribution is -0.137. The maximum atomic E-state index is 16.8. The first-order chi connectivity index (χ1) is 65.9. The number of nitrogens with zero attached hydrogens (tertiary/aromatic N) is 18. The second kappa shape index (κ2) is 33.9. The molecule has 0 atom stereocenters. The molecule has 7 heterocycles. The number of alkyl halides is 3. The molecule has 0 N–H and O–H groups in total. The lowest BCUT2D eigenvalue weighted by Gasteiger charge is -2.18. The normalized spacial score (nSPS) is 11.5. The molecule has 134 heavy (non-hydrogen) atoms. The summed E-state index contributed by atoms with van der Waals surface area (Å²) in [7, 11) is 0. The fraction of sp³-hybridized carbons (Fsp3) is 0.00885. The van der Waals surface area contributed by atoms with Crippen molar-refractivity contribution in [3.8, 4) is 199 Å². The average Bonchev–Trinajstić information content (AvgIpc) is 1.57. The molecule has 630 valence electrons. The van der Waals surface area contributed by atoms with Crippen molar-refractivity contribution in [1.82, 2.24) is 83.9 Å². The van der Waals surface area contributed by atoms with E-state index in [-0.39, 0.29) is 23.0 Å². The highest BCUT2D eigenvalue weighted by atomic mass is 19.4. The molecule has 21 heteroatoms. The van der Waals surface area contributed by atoms with Crippen LogP contribution >= 0.6 is 0 Å². The molecule has 7 aromatic heterocycles. The van der Waals surface area contributed by atoms with E-state index in [0.717, 1.165) is 72.4 Å². The van der Waals surface area contributed by atoms with Gasteiger partial charge in [-0.2, -0.15) is 18.4 Å². The molecule has 0 saturated heterocycles. The number of aromatic nitrogens is 17. The molecule has 0 fully saturated rings. The number of benzene rings is 16. The van der Waals surface area contributed by atoms with Crippen molar-refractivity contribution in [2.75, 3.05) is 0 Å². The van der Waals surface area contributed by atoms with Gasteiger partial charge in [0.2, 0.25) is 0 Å². The summed E-state index contributed by atoms with van der Waals surface area (Å²) in [5.74, 6) is 5.24. The molecule has 0 saturated carbocycles. The summed E-state index contributed by atoms with van der Waals surface area (Å²) in [5, 5.41) is 13.6. The van der Waals surface area contributed by atoms with Gasteiger partial charge in [0.1, 0.15) is 0 Å². The molecule has 0 aliphatic carbocycles. The third-order valence-corrected chi connectivity index (χ3v) is 23.6. The van der Waals surface area contributed by atoms with Gasteiger partial charge in [0.15, 0.2) is 87.4 Å². The maximum absolute atomic E-state index is 16.8. The minimum absolute atomic E-state index is 0.0266. The van der Waals surface area contributed by atoms with Crippen LogP contribution in [-0.4, -0.2) is 83.9 Å². The fourth-order valence-electron chi connectivity index (χ4n) is 17.2. The minimum Gasteiger partial charge on any atom is -0.309 e. The summed E-state index contributed by atoms with van der Waals surface area (Å²) in [6, 6.07) is 131. The zero-order valence-corrected chi connectivity index (χ0v) is 70.9. The van der Waals surface area contributed by atoms with Crippen LogP contribution in [0.25, 0.3) is 237 Å². The van der Waals surface area contributed by atoms with Crippen molar-refractivity contribution in [2.24, 2.45) is 0 Å². The third kappa shape index (κ3) is 15.4. The van der Waals surface area contributed by atoms with Crippen LogP contribution in [-0.2, 0) is 6.18 Å². The number of halogens is 3. The Morgan fingerprint density at radius 1 is 0.187 bits per heavy atom. The quantitative estimate of drug-likeness (QED) is 0.0778. The summed E-state index contributed by atoms with van der Waals surface area (Å²) in [5.41, 5.74) is 13.8. The topological polar surface area (TPSA) is 227 Å². The predicted molar refractivity (Wildman–Crippen MR) is 519 cm³/mol. The molecule has 23 rings (SSSR count). The molecule has 0 unspecified atom stereocenters. The Morgan fingerprint density at radius 3 is 0.672 bits per heavy atom. The van der Waals surface area contributed by atoms with Gasteiger partial charge in [0, 0.05) is 116 Å². The Bertz CT molecular complexity index is 7930. The van der Waals surface area contributed by atoms with Gasteiger partial charge in [0.25, 0.3) is 0 Å². The maximum Gasteiger partial charge on any atom is 0.417 e. The van der Waals surface area contributed by atoms with Gasteiger partial charge >= 0.3 is 6.18 Å². The van der Waals surface area contributed by atoms with E-state index in [1.807, 2.05) is 362 Å². The van der Waals surface area contributed by atoms with E-state index in [1.165, 1.54) is 12.1 Å². The smallest absolute Gasteiger partial charge is 0.309 e. The van der Waals surface area contributed by atoms with Crippen molar-refractivity contribution in [3.05, 3.63) is 418 Å². The van der Waals surface area contributed by atoms with Gasteiger partial charge in [-0.15, -0.1) is 0 Å². The van der Waals surface area contributed by atoms with Crippen LogP contribution < -0.4 is 0 Å². The predicted octanol–water partition coefficient (Wildman–Crippen LogP) is 26.4. The van der Waals surface area contributed by atoms with E-state index in [4.69, 9.17) is 74.8 Å². The Labute approximate surface area is 764 Å². The van der Waals surface area contributed by atoms with Crippen LogP contribution in [0.3, 0.4) is 0 Å². The minimum atomic E-state index is -4.98. The van der Waals surface area contributed by atoms with Gasteiger partial charge in [-0.3, -0.25) is 0 Å².